The molecule has 0 spiro atoms. The van der Waals surface area contributed by atoms with Crippen LogP contribution in [0.2, 0.25) is 0 Å². The van der Waals surface area contributed by atoms with Crippen molar-refractivity contribution < 1.29 is 22.8 Å². The summed E-state index contributed by atoms with van der Waals surface area (Å²) in [5.41, 5.74) is -0.585. The van der Waals surface area contributed by atoms with E-state index >= 15 is 0 Å². The maximum Gasteiger partial charge on any atom is 0.495 e. The molecule has 0 aliphatic carbocycles. The average Bonchev–Trinajstić information content (AvgIpc) is 3.14. The van der Waals surface area contributed by atoms with E-state index in [2.05, 4.69) is 16.3 Å². The molecule has 2 aliphatic rings. The van der Waals surface area contributed by atoms with Gasteiger partial charge < -0.3 is 14.0 Å². The molecule has 0 saturated carbocycles. The van der Waals surface area contributed by atoms with Crippen molar-refractivity contribution in [2.24, 2.45) is 0 Å². The number of hydrogen-bond donors (Lipinski definition) is 0. The second kappa shape index (κ2) is 7.18. The van der Waals surface area contributed by atoms with Crippen molar-refractivity contribution in [2.75, 3.05) is 30.1 Å². The standard InChI is InChI=1S/C19H28BF2N3O3S/c1-18(2)19(3,4)28-20(27-18)14-10-15(16(21)22)24-17-13(14)11-23-25(17)12-26-6-7-29(5)8-9-29/h10-11,16H,6-9,12H2,1-5H3. The number of aromatic nitrogens is 3. The van der Waals surface area contributed by atoms with Gasteiger partial charge in [0.25, 0.3) is 6.43 Å². The topological polar surface area (TPSA) is 58.4 Å². The van der Waals surface area contributed by atoms with E-state index in [1.54, 1.807) is 6.20 Å². The summed E-state index contributed by atoms with van der Waals surface area (Å²) in [7, 11) is -1.18. The van der Waals surface area contributed by atoms with Gasteiger partial charge >= 0.3 is 7.12 Å². The van der Waals surface area contributed by atoms with Gasteiger partial charge in [0.05, 0.1) is 24.0 Å². The lowest BCUT2D eigenvalue weighted by molar-refractivity contribution is 0.00578. The summed E-state index contributed by atoms with van der Waals surface area (Å²) in [5.74, 6) is 3.71. The number of hydrogen-bond acceptors (Lipinski definition) is 5. The van der Waals surface area contributed by atoms with E-state index in [9.17, 15) is 8.78 Å². The first-order chi connectivity index (χ1) is 13.5. The predicted molar refractivity (Wildman–Crippen MR) is 112 cm³/mol. The summed E-state index contributed by atoms with van der Waals surface area (Å²) >= 11 is 0. The normalized spacial score (nSPS) is 23.1. The minimum atomic E-state index is -2.71. The van der Waals surface area contributed by atoms with Crippen molar-refractivity contribution in [3.63, 3.8) is 0 Å². The molecule has 0 radical (unpaired) electrons. The number of alkyl halides is 2. The lowest BCUT2D eigenvalue weighted by atomic mass is 9.77. The molecule has 2 aliphatic heterocycles. The monoisotopic (exact) mass is 427 g/mol. The molecule has 0 amide bonds. The highest BCUT2D eigenvalue weighted by Gasteiger charge is 2.52. The molecule has 29 heavy (non-hydrogen) atoms. The Hall–Kier alpha value is -1.23. The molecule has 2 aromatic rings. The van der Waals surface area contributed by atoms with Gasteiger partial charge in [-0.1, -0.05) is 0 Å². The highest BCUT2D eigenvalue weighted by atomic mass is 32.3. The molecule has 10 heteroatoms. The van der Waals surface area contributed by atoms with E-state index in [4.69, 9.17) is 14.0 Å². The zero-order valence-electron chi connectivity index (χ0n) is 17.6. The quantitative estimate of drug-likeness (QED) is 0.386. The van der Waals surface area contributed by atoms with Gasteiger partial charge in [-0.3, -0.25) is 0 Å². The number of halogens is 2. The molecule has 4 heterocycles. The van der Waals surface area contributed by atoms with Gasteiger partial charge in [-0.2, -0.15) is 5.10 Å². The minimum Gasteiger partial charge on any atom is -0.399 e. The molecule has 0 bridgehead atoms. The Labute approximate surface area is 171 Å². The number of rotatable bonds is 7. The van der Waals surface area contributed by atoms with Gasteiger partial charge in [-0.05, 0) is 57.0 Å². The summed E-state index contributed by atoms with van der Waals surface area (Å²) in [6.45, 7) is 8.55. The Kier molecular flexibility index (Phi) is 5.20. The van der Waals surface area contributed by atoms with Crippen LogP contribution in [0.4, 0.5) is 8.78 Å². The van der Waals surface area contributed by atoms with Crippen LogP contribution in [0, 0.1) is 0 Å². The molecular formula is C19H28BF2N3O3S. The molecule has 0 atom stereocenters. The van der Waals surface area contributed by atoms with Crippen molar-refractivity contribution in [3.05, 3.63) is 18.0 Å². The van der Waals surface area contributed by atoms with Crippen molar-refractivity contribution in [1.29, 1.82) is 0 Å². The molecule has 160 valence electrons. The third-order valence-electron chi connectivity index (χ3n) is 6.23. The van der Waals surface area contributed by atoms with Gasteiger partial charge in [-0.25, -0.2) is 28.5 Å². The minimum absolute atomic E-state index is 0.182. The van der Waals surface area contributed by atoms with Crippen molar-refractivity contribution >= 4 is 33.6 Å². The van der Waals surface area contributed by atoms with Crippen LogP contribution >= 0.6 is 10.0 Å². The summed E-state index contributed by atoms with van der Waals surface area (Å²) < 4.78 is 46.6. The zero-order valence-corrected chi connectivity index (χ0v) is 18.4. The molecule has 0 aromatic carbocycles. The van der Waals surface area contributed by atoms with E-state index in [1.165, 1.54) is 22.3 Å². The summed E-state index contributed by atoms with van der Waals surface area (Å²) in [6.07, 6.45) is 1.24. The van der Waals surface area contributed by atoms with Gasteiger partial charge in [0, 0.05) is 11.1 Å². The van der Waals surface area contributed by atoms with E-state index in [1.807, 2.05) is 27.7 Å². The second-order valence-electron chi connectivity index (χ2n) is 9.03. The molecular weight excluding hydrogens is 399 g/mol. The van der Waals surface area contributed by atoms with E-state index in [0.717, 1.165) is 5.75 Å². The molecule has 0 unspecified atom stereocenters. The molecule has 2 saturated heterocycles. The number of pyridine rings is 1. The first kappa shape index (κ1) is 21.0. The first-order valence-corrected chi connectivity index (χ1v) is 12.4. The second-order valence-corrected chi connectivity index (χ2v) is 13.2. The molecule has 2 aromatic heterocycles. The van der Waals surface area contributed by atoms with E-state index in [-0.39, 0.29) is 12.4 Å². The summed E-state index contributed by atoms with van der Waals surface area (Å²) in [6, 6.07) is 1.36. The van der Waals surface area contributed by atoms with Gasteiger partial charge in [0.2, 0.25) is 0 Å². The molecule has 0 N–H and O–H groups in total. The van der Waals surface area contributed by atoms with Crippen LogP contribution in [0.15, 0.2) is 12.3 Å². The average molecular weight is 427 g/mol. The van der Waals surface area contributed by atoms with Gasteiger partial charge in [0.1, 0.15) is 12.4 Å². The fourth-order valence-electron chi connectivity index (χ4n) is 3.22. The van der Waals surface area contributed by atoms with E-state index in [0.29, 0.717) is 23.1 Å². The molecule has 4 rings (SSSR count). The Bertz CT molecular complexity index is 901. The van der Waals surface area contributed by atoms with Crippen LogP contribution in [0.1, 0.15) is 39.8 Å². The largest absolute Gasteiger partial charge is 0.495 e. The predicted octanol–water partition coefficient (Wildman–Crippen LogP) is 3.09. The highest BCUT2D eigenvalue weighted by Crippen LogP contribution is 2.57. The smallest absolute Gasteiger partial charge is 0.399 e. The third kappa shape index (κ3) is 4.04. The van der Waals surface area contributed by atoms with Gasteiger partial charge in [0.15, 0.2) is 5.65 Å². The Morgan fingerprint density at radius 3 is 2.48 bits per heavy atom. The van der Waals surface area contributed by atoms with Crippen LogP contribution in [0.25, 0.3) is 11.0 Å². The highest BCUT2D eigenvalue weighted by molar-refractivity contribution is 8.38. The van der Waals surface area contributed by atoms with Crippen LogP contribution < -0.4 is 5.46 Å². The third-order valence-corrected chi connectivity index (χ3v) is 9.18. The van der Waals surface area contributed by atoms with E-state index < -0.39 is 34.8 Å². The number of fused-ring (bicyclic) bond motifs is 1. The molecule has 2 fully saturated rings. The Morgan fingerprint density at radius 2 is 1.90 bits per heavy atom. The van der Waals surface area contributed by atoms with Gasteiger partial charge in [-0.15, -0.1) is 0 Å². The lowest BCUT2D eigenvalue weighted by Gasteiger charge is -2.32. The van der Waals surface area contributed by atoms with Crippen LogP contribution in [-0.4, -0.2) is 63.2 Å². The summed E-state index contributed by atoms with van der Waals surface area (Å²) in [5, 5.41) is 4.97. The van der Waals surface area contributed by atoms with Crippen molar-refractivity contribution in [3.8, 4) is 0 Å². The SMILES string of the molecule is CC1(C)OB(c2cc(C(F)F)nc3c2cnn3COCCS2(C)CC2)OC1(C)C. The Morgan fingerprint density at radius 1 is 1.24 bits per heavy atom. The Balaban J connectivity index is 1.61. The first-order valence-electron chi connectivity index (χ1n) is 9.81. The zero-order chi connectivity index (χ0) is 21.0. The number of ether oxygens (including phenoxy) is 1. The molecule has 6 nitrogen and oxygen atoms in total. The van der Waals surface area contributed by atoms with Crippen molar-refractivity contribution in [1.82, 2.24) is 14.8 Å². The van der Waals surface area contributed by atoms with Crippen molar-refractivity contribution in [2.45, 2.75) is 52.1 Å². The lowest BCUT2D eigenvalue weighted by Crippen LogP contribution is -2.41. The summed E-state index contributed by atoms with van der Waals surface area (Å²) in [4.78, 5) is 4.14. The van der Waals surface area contributed by atoms with Crippen LogP contribution in [-0.2, 0) is 20.8 Å². The fraction of sp³-hybridized carbons (Fsp3) is 0.684. The number of nitrogens with zero attached hydrogens (tertiary/aromatic N) is 3. The fourth-order valence-corrected chi connectivity index (χ4v) is 5.29. The van der Waals surface area contributed by atoms with Crippen LogP contribution in [0.3, 0.4) is 0 Å². The maximum absolute atomic E-state index is 13.5. The van der Waals surface area contributed by atoms with Crippen LogP contribution in [0.5, 0.6) is 0 Å². The maximum atomic E-state index is 13.5.